The van der Waals surface area contributed by atoms with Crippen LogP contribution < -0.4 is 10.6 Å². The number of aryl methyl sites for hydroxylation is 2. The van der Waals surface area contributed by atoms with E-state index in [1.54, 1.807) is 0 Å². The minimum Gasteiger partial charge on any atom is -0.346 e. The van der Waals surface area contributed by atoms with Gasteiger partial charge in [0.05, 0.1) is 12.3 Å². The molecule has 4 nitrogen and oxygen atoms in total. The fraction of sp³-hybridized carbons (Fsp3) is 0.222. The molecular weight excluding hydrogens is 346 g/mol. The van der Waals surface area contributed by atoms with Crippen molar-refractivity contribution in [3.63, 3.8) is 0 Å². The van der Waals surface area contributed by atoms with Crippen LogP contribution in [0.2, 0.25) is 0 Å². The first-order chi connectivity index (χ1) is 11.9. The standard InChI is InChI=1S/C18H18F2N2O2S/c1-11-4-3-5-12(2)18(11)22-16(23)9-21-17(24)10-25-15-7-6-13(19)8-14(15)20/h3-8H,9-10H2,1-2H3,(H,21,24)(H,22,23). The number of thioether (sulfide) groups is 1. The molecule has 132 valence electrons. The van der Waals surface area contributed by atoms with E-state index < -0.39 is 17.5 Å². The summed E-state index contributed by atoms with van der Waals surface area (Å²) in [5.41, 5.74) is 2.59. The highest BCUT2D eigenvalue weighted by molar-refractivity contribution is 8.00. The first-order valence-corrected chi connectivity index (χ1v) is 8.56. The van der Waals surface area contributed by atoms with Crippen molar-refractivity contribution < 1.29 is 18.4 Å². The molecule has 0 spiro atoms. The number of carbonyl (C=O) groups is 2. The van der Waals surface area contributed by atoms with E-state index in [1.165, 1.54) is 6.07 Å². The van der Waals surface area contributed by atoms with Gasteiger partial charge in [0.25, 0.3) is 0 Å². The van der Waals surface area contributed by atoms with Crippen molar-refractivity contribution in [2.24, 2.45) is 0 Å². The lowest BCUT2D eigenvalue weighted by Crippen LogP contribution is -2.34. The quantitative estimate of drug-likeness (QED) is 0.772. The third kappa shape index (κ3) is 5.56. The number of carbonyl (C=O) groups excluding carboxylic acids is 2. The second kappa shape index (κ2) is 8.62. The van der Waals surface area contributed by atoms with Crippen LogP contribution in [0.25, 0.3) is 0 Å². The van der Waals surface area contributed by atoms with Gasteiger partial charge in [0.1, 0.15) is 11.6 Å². The molecule has 0 aliphatic carbocycles. The number of hydrogen-bond acceptors (Lipinski definition) is 3. The van der Waals surface area contributed by atoms with Gasteiger partial charge in [-0.2, -0.15) is 0 Å². The Bertz CT molecular complexity index is 776. The van der Waals surface area contributed by atoms with E-state index in [0.717, 1.165) is 40.7 Å². The van der Waals surface area contributed by atoms with E-state index in [2.05, 4.69) is 10.6 Å². The summed E-state index contributed by atoms with van der Waals surface area (Å²) in [6.07, 6.45) is 0. The van der Waals surface area contributed by atoms with Gasteiger partial charge in [0, 0.05) is 16.6 Å². The van der Waals surface area contributed by atoms with Crippen LogP contribution in [-0.2, 0) is 9.59 Å². The highest BCUT2D eigenvalue weighted by atomic mass is 32.2. The van der Waals surface area contributed by atoms with E-state index in [0.29, 0.717) is 0 Å². The zero-order chi connectivity index (χ0) is 18.4. The molecule has 0 radical (unpaired) electrons. The molecule has 0 bridgehead atoms. The number of para-hydroxylation sites is 1. The summed E-state index contributed by atoms with van der Waals surface area (Å²) in [4.78, 5) is 23.9. The second-order valence-corrected chi connectivity index (χ2v) is 6.47. The van der Waals surface area contributed by atoms with Crippen LogP contribution >= 0.6 is 11.8 Å². The van der Waals surface area contributed by atoms with Crippen LogP contribution in [0, 0.1) is 25.5 Å². The number of hydrogen-bond donors (Lipinski definition) is 2. The molecule has 2 N–H and O–H groups in total. The highest BCUT2D eigenvalue weighted by Gasteiger charge is 2.11. The molecule has 0 aromatic heterocycles. The maximum atomic E-state index is 13.5. The van der Waals surface area contributed by atoms with Gasteiger partial charge in [-0.3, -0.25) is 9.59 Å². The number of benzene rings is 2. The van der Waals surface area contributed by atoms with Gasteiger partial charge in [-0.1, -0.05) is 18.2 Å². The summed E-state index contributed by atoms with van der Waals surface area (Å²) in [6, 6.07) is 8.83. The average molecular weight is 364 g/mol. The number of nitrogens with one attached hydrogen (secondary N) is 2. The molecule has 2 aromatic rings. The molecule has 0 saturated carbocycles. The molecule has 7 heteroatoms. The zero-order valence-electron chi connectivity index (χ0n) is 13.9. The van der Waals surface area contributed by atoms with Gasteiger partial charge >= 0.3 is 0 Å². The maximum absolute atomic E-state index is 13.5. The summed E-state index contributed by atoms with van der Waals surface area (Å²) in [5.74, 6) is -2.21. The molecule has 0 fully saturated rings. The summed E-state index contributed by atoms with van der Waals surface area (Å²) >= 11 is 0.939. The molecule has 0 aliphatic heterocycles. The molecule has 2 amide bonds. The molecule has 0 saturated heterocycles. The highest BCUT2D eigenvalue weighted by Crippen LogP contribution is 2.22. The normalized spacial score (nSPS) is 10.4. The molecule has 25 heavy (non-hydrogen) atoms. The fourth-order valence-electron chi connectivity index (χ4n) is 2.16. The number of halogens is 2. The third-order valence-corrected chi connectivity index (χ3v) is 4.49. The smallest absolute Gasteiger partial charge is 0.243 e. The maximum Gasteiger partial charge on any atom is 0.243 e. The lowest BCUT2D eigenvalue weighted by molar-refractivity contribution is -0.122. The third-order valence-electron chi connectivity index (χ3n) is 3.44. The summed E-state index contributed by atoms with van der Waals surface area (Å²) in [7, 11) is 0. The van der Waals surface area contributed by atoms with Crippen LogP contribution in [0.5, 0.6) is 0 Å². The number of anilines is 1. The number of amides is 2. The Morgan fingerprint density at radius 2 is 1.72 bits per heavy atom. The van der Waals surface area contributed by atoms with Crippen molar-refractivity contribution in [2.75, 3.05) is 17.6 Å². The zero-order valence-corrected chi connectivity index (χ0v) is 14.7. The lowest BCUT2D eigenvalue weighted by atomic mass is 10.1. The van der Waals surface area contributed by atoms with Crippen molar-refractivity contribution in [1.29, 1.82) is 0 Å². The Labute approximate surface area is 149 Å². The predicted molar refractivity (Wildman–Crippen MR) is 94.6 cm³/mol. The first-order valence-electron chi connectivity index (χ1n) is 7.57. The van der Waals surface area contributed by atoms with Crippen molar-refractivity contribution in [3.8, 4) is 0 Å². The summed E-state index contributed by atoms with van der Waals surface area (Å²) in [6.45, 7) is 3.59. The van der Waals surface area contributed by atoms with Gasteiger partial charge in [-0.05, 0) is 37.1 Å². The van der Waals surface area contributed by atoms with Crippen LogP contribution in [0.3, 0.4) is 0 Å². The summed E-state index contributed by atoms with van der Waals surface area (Å²) < 4.78 is 26.3. The van der Waals surface area contributed by atoms with Crippen molar-refractivity contribution in [1.82, 2.24) is 5.32 Å². The van der Waals surface area contributed by atoms with Gasteiger partial charge in [0.15, 0.2) is 0 Å². The molecule has 0 unspecified atom stereocenters. The monoisotopic (exact) mass is 364 g/mol. The Hall–Kier alpha value is -2.41. The van der Waals surface area contributed by atoms with Crippen molar-refractivity contribution in [3.05, 3.63) is 59.2 Å². The average Bonchev–Trinajstić information content (AvgIpc) is 2.55. The van der Waals surface area contributed by atoms with Gasteiger partial charge in [0.2, 0.25) is 11.8 Å². The largest absolute Gasteiger partial charge is 0.346 e. The lowest BCUT2D eigenvalue weighted by Gasteiger charge is -2.12. The topological polar surface area (TPSA) is 58.2 Å². The van der Waals surface area contributed by atoms with E-state index in [1.807, 2.05) is 32.0 Å². The van der Waals surface area contributed by atoms with Crippen LogP contribution in [-0.4, -0.2) is 24.1 Å². The molecule has 0 aliphatic rings. The SMILES string of the molecule is Cc1cccc(C)c1NC(=O)CNC(=O)CSc1ccc(F)cc1F. The van der Waals surface area contributed by atoms with E-state index in [9.17, 15) is 18.4 Å². The first kappa shape index (κ1) is 18.9. The Morgan fingerprint density at radius 1 is 1.04 bits per heavy atom. The van der Waals surface area contributed by atoms with E-state index in [4.69, 9.17) is 0 Å². The minimum absolute atomic E-state index is 0.0702. The van der Waals surface area contributed by atoms with Crippen LogP contribution in [0.1, 0.15) is 11.1 Å². The molecule has 2 aromatic carbocycles. The summed E-state index contributed by atoms with van der Waals surface area (Å²) in [5, 5.41) is 5.24. The Kier molecular flexibility index (Phi) is 6.52. The minimum atomic E-state index is -0.717. The van der Waals surface area contributed by atoms with E-state index >= 15 is 0 Å². The van der Waals surface area contributed by atoms with Gasteiger partial charge < -0.3 is 10.6 Å². The van der Waals surface area contributed by atoms with Crippen molar-refractivity contribution in [2.45, 2.75) is 18.7 Å². The Morgan fingerprint density at radius 3 is 2.36 bits per heavy atom. The predicted octanol–water partition coefficient (Wildman–Crippen LogP) is 3.43. The van der Waals surface area contributed by atoms with Crippen LogP contribution in [0.15, 0.2) is 41.3 Å². The molecule has 0 atom stereocenters. The molecular formula is C18H18F2N2O2S. The molecule has 0 heterocycles. The second-order valence-electron chi connectivity index (χ2n) is 5.46. The van der Waals surface area contributed by atoms with Gasteiger partial charge in [-0.25, -0.2) is 8.78 Å². The number of rotatable bonds is 6. The fourth-order valence-corrected chi connectivity index (χ4v) is 2.91. The van der Waals surface area contributed by atoms with Crippen molar-refractivity contribution >= 4 is 29.3 Å². The molecule has 2 rings (SSSR count). The van der Waals surface area contributed by atoms with Crippen LogP contribution in [0.4, 0.5) is 14.5 Å². The van der Waals surface area contributed by atoms with E-state index in [-0.39, 0.29) is 23.1 Å². The van der Waals surface area contributed by atoms with Gasteiger partial charge in [-0.15, -0.1) is 11.8 Å². The Balaban J connectivity index is 1.80.